The first kappa shape index (κ1) is 14.5. The summed E-state index contributed by atoms with van der Waals surface area (Å²) in [6.07, 6.45) is 2.55. The normalized spacial score (nSPS) is 23.2. The van der Waals surface area contributed by atoms with Gasteiger partial charge in [0.25, 0.3) is 0 Å². The Morgan fingerprint density at radius 2 is 2.00 bits per heavy atom. The van der Waals surface area contributed by atoms with E-state index in [0.717, 1.165) is 17.2 Å². The fourth-order valence-corrected chi connectivity index (χ4v) is 3.73. The Morgan fingerprint density at radius 1 is 1.32 bits per heavy atom. The predicted octanol–water partition coefficient (Wildman–Crippen LogP) is 3.47. The Hall–Kier alpha value is -0.870. The lowest BCUT2D eigenvalue weighted by molar-refractivity contribution is -0.119. The van der Waals surface area contributed by atoms with Crippen molar-refractivity contribution in [2.24, 2.45) is 0 Å². The first-order valence-corrected chi connectivity index (χ1v) is 7.82. The molecule has 0 unspecified atom stereocenters. The van der Waals surface area contributed by atoms with Gasteiger partial charge in [0.05, 0.1) is 5.25 Å². The molecule has 0 heterocycles. The van der Waals surface area contributed by atoms with Gasteiger partial charge in [0.2, 0.25) is 0 Å². The number of thioether (sulfide) groups is 1. The molecular formula is C15H19NOS2. The minimum absolute atomic E-state index is 0.0221. The standard InChI is InChI=1S/C15H19NOS2/c1-16(2)15(18)19-14-10-12(8-9-13(14)17)11-6-4-3-5-7-11/h3-7,12,14H,8-10H2,1-2H3/t12-,14-/m1/s1. The summed E-state index contributed by atoms with van der Waals surface area (Å²) in [7, 11) is 3.86. The number of carbonyl (C=O) groups excluding carboxylic acids is 1. The van der Waals surface area contributed by atoms with Crippen molar-refractivity contribution in [3.05, 3.63) is 35.9 Å². The molecule has 0 saturated heterocycles. The van der Waals surface area contributed by atoms with E-state index in [-0.39, 0.29) is 5.25 Å². The molecule has 1 fully saturated rings. The maximum atomic E-state index is 12.0. The second-order valence-electron chi connectivity index (χ2n) is 5.12. The van der Waals surface area contributed by atoms with E-state index in [1.165, 1.54) is 5.56 Å². The third-order valence-corrected chi connectivity index (χ3v) is 5.44. The molecule has 1 aromatic carbocycles. The van der Waals surface area contributed by atoms with Crippen LogP contribution in [-0.4, -0.2) is 34.3 Å². The van der Waals surface area contributed by atoms with E-state index in [1.807, 2.05) is 25.1 Å². The van der Waals surface area contributed by atoms with Crippen LogP contribution in [0.2, 0.25) is 0 Å². The summed E-state index contributed by atoms with van der Waals surface area (Å²) in [4.78, 5) is 13.9. The Morgan fingerprint density at radius 3 is 2.63 bits per heavy atom. The highest BCUT2D eigenvalue weighted by Crippen LogP contribution is 2.36. The summed E-state index contributed by atoms with van der Waals surface area (Å²) in [5.41, 5.74) is 1.34. The van der Waals surface area contributed by atoms with Gasteiger partial charge in [0.15, 0.2) is 0 Å². The Bertz CT molecular complexity index is 458. The third-order valence-electron chi connectivity index (χ3n) is 3.48. The first-order valence-electron chi connectivity index (χ1n) is 6.53. The lowest BCUT2D eigenvalue weighted by Gasteiger charge is -2.29. The van der Waals surface area contributed by atoms with Crippen molar-refractivity contribution < 1.29 is 4.79 Å². The van der Waals surface area contributed by atoms with Gasteiger partial charge >= 0.3 is 0 Å². The van der Waals surface area contributed by atoms with E-state index in [0.29, 0.717) is 18.1 Å². The van der Waals surface area contributed by atoms with E-state index in [1.54, 1.807) is 11.8 Å². The number of carbonyl (C=O) groups is 1. The number of ketones is 1. The largest absolute Gasteiger partial charge is 0.364 e. The molecule has 2 rings (SSSR count). The molecule has 102 valence electrons. The number of hydrogen-bond acceptors (Lipinski definition) is 3. The minimum atomic E-state index is 0.0221. The van der Waals surface area contributed by atoms with Gasteiger partial charge in [-0.3, -0.25) is 4.79 Å². The molecule has 1 aliphatic carbocycles. The molecule has 2 nitrogen and oxygen atoms in total. The van der Waals surface area contributed by atoms with Crippen LogP contribution in [0.3, 0.4) is 0 Å². The van der Waals surface area contributed by atoms with Gasteiger partial charge in [-0.2, -0.15) is 0 Å². The summed E-state index contributed by atoms with van der Waals surface area (Å²) < 4.78 is 0.798. The molecule has 1 saturated carbocycles. The minimum Gasteiger partial charge on any atom is -0.364 e. The second kappa shape index (κ2) is 6.53. The van der Waals surface area contributed by atoms with Crippen molar-refractivity contribution in [3.8, 4) is 0 Å². The predicted molar refractivity (Wildman–Crippen MR) is 85.7 cm³/mol. The zero-order valence-electron chi connectivity index (χ0n) is 11.3. The van der Waals surface area contributed by atoms with Crippen molar-refractivity contribution in [3.63, 3.8) is 0 Å². The number of rotatable bonds is 2. The smallest absolute Gasteiger partial charge is 0.146 e. The maximum Gasteiger partial charge on any atom is 0.146 e. The van der Waals surface area contributed by atoms with Crippen molar-refractivity contribution in [2.45, 2.75) is 30.4 Å². The summed E-state index contributed by atoms with van der Waals surface area (Å²) in [6, 6.07) is 10.5. The van der Waals surface area contributed by atoms with Gasteiger partial charge in [0, 0.05) is 20.5 Å². The molecule has 2 atom stereocenters. The summed E-state index contributed by atoms with van der Waals surface area (Å²) >= 11 is 6.85. The molecule has 0 bridgehead atoms. The number of Topliss-reactive ketones (excluding diaryl/α,β-unsaturated/α-hetero) is 1. The van der Waals surface area contributed by atoms with Gasteiger partial charge in [0.1, 0.15) is 10.1 Å². The molecule has 0 N–H and O–H groups in total. The SMILES string of the molecule is CN(C)C(=S)S[C@@H]1C[C@H](c2ccccc2)CCC1=O. The van der Waals surface area contributed by atoms with Crippen LogP contribution in [0.15, 0.2) is 30.3 Å². The molecule has 1 aromatic rings. The Labute approximate surface area is 124 Å². The van der Waals surface area contributed by atoms with E-state index < -0.39 is 0 Å². The average molecular weight is 293 g/mol. The number of hydrogen-bond donors (Lipinski definition) is 0. The highest BCUT2D eigenvalue weighted by atomic mass is 32.2. The van der Waals surface area contributed by atoms with E-state index in [9.17, 15) is 4.79 Å². The molecule has 0 spiro atoms. The van der Waals surface area contributed by atoms with Crippen LogP contribution < -0.4 is 0 Å². The first-order chi connectivity index (χ1) is 9.08. The van der Waals surface area contributed by atoms with Crippen molar-refractivity contribution in [1.29, 1.82) is 0 Å². The van der Waals surface area contributed by atoms with Gasteiger partial charge in [-0.15, -0.1) is 0 Å². The Kier molecular flexibility index (Phi) is 4.99. The average Bonchev–Trinajstić information content (AvgIpc) is 2.42. The maximum absolute atomic E-state index is 12.0. The van der Waals surface area contributed by atoms with Gasteiger partial charge in [-0.25, -0.2) is 0 Å². The molecule has 0 aromatic heterocycles. The van der Waals surface area contributed by atoms with Gasteiger partial charge < -0.3 is 4.90 Å². The highest BCUT2D eigenvalue weighted by Gasteiger charge is 2.31. The summed E-state index contributed by atoms with van der Waals surface area (Å²) in [5.74, 6) is 0.836. The summed E-state index contributed by atoms with van der Waals surface area (Å²) in [5, 5.41) is 0.0221. The monoisotopic (exact) mass is 293 g/mol. The molecule has 0 radical (unpaired) electrons. The zero-order valence-corrected chi connectivity index (χ0v) is 13.0. The Balaban J connectivity index is 2.04. The van der Waals surface area contributed by atoms with Gasteiger partial charge in [-0.1, -0.05) is 54.3 Å². The fourth-order valence-electron chi connectivity index (χ4n) is 2.35. The van der Waals surface area contributed by atoms with Crippen LogP contribution >= 0.6 is 24.0 Å². The van der Waals surface area contributed by atoms with Crippen LogP contribution in [0.4, 0.5) is 0 Å². The fraction of sp³-hybridized carbons (Fsp3) is 0.467. The lowest BCUT2D eigenvalue weighted by Crippen LogP contribution is -2.29. The molecule has 1 aliphatic rings. The molecule has 0 aliphatic heterocycles. The number of benzene rings is 1. The molecule has 0 amide bonds. The molecular weight excluding hydrogens is 274 g/mol. The van der Waals surface area contributed by atoms with Crippen LogP contribution in [0.5, 0.6) is 0 Å². The highest BCUT2D eigenvalue weighted by molar-refractivity contribution is 8.23. The van der Waals surface area contributed by atoms with Crippen LogP contribution in [-0.2, 0) is 4.79 Å². The van der Waals surface area contributed by atoms with Crippen LogP contribution in [0, 0.1) is 0 Å². The lowest BCUT2D eigenvalue weighted by atomic mass is 9.83. The second-order valence-corrected chi connectivity index (χ2v) is 6.95. The molecule has 4 heteroatoms. The van der Waals surface area contributed by atoms with Crippen molar-refractivity contribution in [2.75, 3.05) is 14.1 Å². The zero-order chi connectivity index (χ0) is 13.8. The van der Waals surface area contributed by atoms with E-state index in [2.05, 4.69) is 24.3 Å². The topological polar surface area (TPSA) is 20.3 Å². The number of thiocarbonyl (C=S) groups is 1. The van der Waals surface area contributed by atoms with Gasteiger partial charge in [-0.05, 0) is 24.3 Å². The van der Waals surface area contributed by atoms with Crippen LogP contribution in [0.25, 0.3) is 0 Å². The van der Waals surface area contributed by atoms with Crippen LogP contribution in [0.1, 0.15) is 30.7 Å². The van der Waals surface area contributed by atoms with E-state index in [4.69, 9.17) is 12.2 Å². The molecule has 19 heavy (non-hydrogen) atoms. The van der Waals surface area contributed by atoms with Crippen molar-refractivity contribution >= 4 is 34.1 Å². The number of nitrogens with zero attached hydrogens (tertiary/aromatic N) is 1. The summed E-state index contributed by atoms with van der Waals surface area (Å²) in [6.45, 7) is 0. The van der Waals surface area contributed by atoms with Crippen molar-refractivity contribution in [1.82, 2.24) is 4.90 Å². The quantitative estimate of drug-likeness (QED) is 0.778. The third kappa shape index (κ3) is 3.80. The van der Waals surface area contributed by atoms with E-state index >= 15 is 0 Å².